The van der Waals surface area contributed by atoms with Crippen LogP contribution in [0.15, 0.2) is 18.2 Å². The summed E-state index contributed by atoms with van der Waals surface area (Å²) in [6, 6.07) is 4.45. The van der Waals surface area contributed by atoms with Crippen LogP contribution in [0.1, 0.15) is 18.4 Å². The molecule has 1 aliphatic heterocycles. The number of carbonyl (C=O) groups is 1. The molecule has 0 saturated carbocycles. The average Bonchev–Trinajstić information content (AvgIpc) is 2.34. The van der Waals surface area contributed by atoms with Gasteiger partial charge in [-0.15, -0.1) is 0 Å². The Morgan fingerprint density at radius 2 is 2.11 bits per heavy atom. The Labute approximate surface area is 105 Å². The first-order valence-corrected chi connectivity index (χ1v) is 5.97. The SMILES string of the molecule is Cc1ccc(F)cc1OC1CCN(C(=O)O)CC1. The van der Waals surface area contributed by atoms with E-state index in [1.807, 2.05) is 6.92 Å². The first-order valence-electron chi connectivity index (χ1n) is 5.97. The van der Waals surface area contributed by atoms with E-state index in [0.717, 1.165) is 5.56 Å². The van der Waals surface area contributed by atoms with Crippen LogP contribution in [0, 0.1) is 12.7 Å². The molecule has 2 rings (SSSR count). The van der Waals surface area contributed by atoms with E-state index < -0.39 is 6.09 Å². The number of rotatable bonds is 2. The number of amides is 1. The summed E-state index contributed by atoms with van der Waals surface area (Å²) in [7, 11) is 0. The van der Waals surface area contributed by atoms with Crippen molar-refractivity contribution in [1.82, 2.24) is 4.90 Å². The van der Waals surface area contributed by atoms with Gasteiger partial charge in [-0.2, -0.15) is 0 Å². The van der Waals surface area contributed by atoms with Gasteiger partial charge < -0.3 is 14.7 Å². The van der Waals surface area contributed by atoms with E-state index in [1.54, 1.807) is 6.07 Å². The molecule has 98 valence electrons. The fraction of sp³-hybridized carbons (Fsp3) is 0.462. The van der Waals surface area contributed by atoms with Crippen molar-refractivity contribution in [2.75, 3.05) is 13.1 Å². The zero-order valence-corrected chi connectivity index (χ0v) is 10.2. The molecule has 0 bridgehead atoms. The standard InChI is InChI=1S/C13H16FNO3/c1-9-2-3-10(14)8-12(9)18-11-4-6-15(7-5-11)13(16)17/h2-3,8,11H,4-7H2,1H3,(H,16,17). The van der Waals surface area contributed by atoms with Crippen molar-refractivity contribution < 1.29 is 19.0 Å². The molecule has 5 heteroatoms. The lowest BCUT2D eigenvalue weighted by atomic mass is 10.1. The third kappa shape index (κ3) is 2.91. The second-order valence-electron chi connectivity index (χ2n) is 4.50. The third-order valence-corrected chi connectivity index (χ3v) is 3.16. The predicted octanol–water partition coefficient (Wildman–Crippen LogP) is 2.66. The minimum Gasteiger partial charge on any atom is -0.490 e. The first-order chi connectivity index (χ1) is 8.56. The number of hydrogen-bond donors (Lipinski definition) is 1. The Kier molecular flexibility index (Phi) is 3.69. The fourth-order valence-electron chi connectivity index (χ4n) is 2.05. The molecular formula is C13H16FNO3. The lowest BCUT2D eigenvalue weighted by Gasteiger charge is -2.30. The number of aryl methyl sites for hydroxylation is 1. The largest absolute Gasteiger partial charge is 0.490 e. The highest BCUT2D eigenvalue weighted by atomic mass is 19.1. The Morgan fingerprint density at radius 1 is 1.44 bits per heavy atom. The smallest absolute Gasteiger partial charge is 0.407 e. The molecule has 1 N–H and O–H groups in total. The molecule has 1 heterocycles. The maximum atomic E-state index is 13.1. The molecule has 0 aliphatic carbocycles. The van der Waals surface area contributed by atoms with Crippen molar-refractivity contribution >= 4 is 6.09 Å². The lowest BCUT2D eigenvalue weighted by Crippen LogP contribution is -2.41. The van der Waals surface area contributed by atoms with Gasteiger partial charge in [-0.1, -0.05) is 6.07 Å². The van der Waals surface area contributed by atoms with Crippen LogP contribution in [0.5, 0.6) is 5.75 Å². The van der Waals surface area contributed by atoms with Crippen molar-refractivity contribution in [3.8, 4) is 5.75 Å². The van der Waals surface area contributed by atoms with Gasteiger partial charge in [0.15, 0.2) is 0 Å². The number of ether oxygens (including phenoxy) is 1. The van der Waals surface area contributed by atoms with Crippen LogP contribution in [-0.4, -0.2) is 35.3 Å². The molecule has 1 aromatic carbocycles. The average molecular weight is 253 g/mol. The van der Waals surface area contributed by atoms with Crippen molar-refractivity contribution in [1.29, 1.82) is 0 Å². The summed E-state index contributed by atoms with van der Waals surface area (Å²) in [5.41, 5.74) is 0.886. The van der Waals surface area contributed by atoms with Gasteiger partial charge in [0.1, 0.15) is 17.7 Å². The molecule has 1 aliphatic rings. The molecule has 0 unspecified atom stereocenters. The van der Waals surface area contributed by atoms with Crippen LogP contribution >= 0.6 is 0 Å². The Bertz CT molecular complexity index is 442. The quantitative estimate of drug-likeness (QED) is 0.881. The van der Waals surface area contributed by atoms with Crippen molar-refractivity contribution in [2.45, 2.75) is 25.9 Å². The molecule has 4 nitrogen and oxygen atoms in total. The van der Waals surface area contributed by atoms with Gasteiger partial charge in [-0.25, -0.2) is 9.18 Å². The van der Waals surface area contributed by atoms with Gasteiger partial charge in [0.05, 0.1) is 0 Å². The monoisotopic (exact) mass is 253 g/mol. The van der Waals surface area contributed by atoms with Crippen molar-refractivity contribution in [3.63, 3.8) is 0 Å². The van der Waals surface area contributed by atoms with E-state index in [0.29, 0.717) is 31.7 Å². The van der Waals surface area contributed by atoms with Crippen LogP contribution in [0.4, 0.5) is 9.18 Å². The summed E-state index contributed by atoms with van der Waals surface area (Å²) in [5.74, 6) is 0.224. The summed E-state index contributed by atoms with van der Waals surface area (Å²) < 4.78 is 18.8. The van der Waals surface area contributed by atoms with Gasteiger partial charge in [0.25, 0.3) is 0 Å². The molecule has 1 fully saturated rings. The van der Waals surface area contributed by atoms with Crippen LogP contribution in [0.3, 0.4) is 0 Å². The Balaban J connectivity index is 1.95. The molecular weight excluding hydrogens is 237 g/mol. The van der Waals surface area contributed by atoms with E-state index in [-0.39, 0.29) is 11.9 Å². The zero-order valence-electron chi connectivity index (χ0n) is 10.2. The number of hydrogen-bond acceptors (Lipinski definition) is 2. The number of piperidine rings is 1. The number of carboxylic acid groups (broad SMARTS) is 1. The zero-order chi connectivity index (χ0) is 13.1. The Hall–Kier alpha value is -1.78. The molecule has 1 aromatic rings. The molecule has 0 spiro atoms. The normalized spacial score (nSPS) is 16.7. The molecule has 0 atom stereocenters. The van der Waals surface area contributed by atoms with Crippen LogP contribution < -0.4 is 4.74 Å². The molecule has 1 amide bonds. The molecule has 0 radical (unpaired) electrons. The third-order valence-electron chi connectivity index (χ3n) is 3.16. The maximum absolute atomic E-state index is 13.1. The van der Waals surface area contributed by atoms with Gasteiger partial charge >= 0.3 is 6.09 Å². The van der Waals surface area contributed by atoms with E-state index in [9.17, 15) is 9.18 Å². The fourth-order valence-corrected chi connectivity index (χ4v) is 2.05. The van der Waals surface area contributed by atoms with E-state index >= 15 is 0 Å². The lowest BCUT2D eigenvalue weighted by molar-refractivity contribution is 0.0889. The predicted molar refractivity (Wildman–Crippen MR) is 64.4 cm³/mol. The van der Waals surface area contributed by atoms with Gasteiger partial charge in [0, 0.05) is 32.0 Å². The first kappa shape index (κ1) is 12.7. The summed E-state index contributed by atoms with van der Waals surface area (Å²) in [4.78, 5) is 12.1. The topological polar surface area (TPSA) is 49.8 Å². The minimum atomic E-state index is -0.893. The number of halogens is 1. The summed E-state index contributed by atoms with van der Waals surface area (Å²) in [6.07, 6.45) is 0.348. The van der Waals surface area contributed by atoms with Crippen molar-refractivity contribution in [2.24, 2.45) is 0 Å². The Morgan fingerprint density at radius 3 is 2.72 bits per heavy atom. The highest BCUT2D eigenvalue weighted by Gasteiger charge is 2.23. The second-order valence-corrected chi connectivity index (χ2v) is 4.50. The van der Waals surface area contributed by atoms with E-state index in [1.165, 1.54) is 17.0 Å². The highest BCUT2D eigenvalue weighted by molar-refractivity contribution is 5.65. The molecule has 18 heavy (non-hydrogen) atoms. The van der Waals surface area contributed by atoms with E-state index in [4.69, 9.17) is 9.84 Å². The molecule has 1 saturated heterocycles. The minimum absolute atomic E-state index is 0.0406. The number of benzene rings is 1. The van der Waals surface area contributed by atoms with Gasteiger partial charge in [-0.3, -0.25) is 0 Å². The molecule has 0 aromatic heterocycles. The van der Waals surface area contributed by atoms with Gasteiger partial charge in [0.2, 0.25) is 0 Å². The summed E-state index contributed by atoms with van der Waals surface area (Å²) in [5, 5.41) is 8.83. The van der Waals surface area contributed by atoms with Crippen molar-refractivity contribution in [3.05, 3.63) is 29.6 Å². The van der Waals surface area contributed by atoms with Crippen LogP contribution in [-0.2, 0) is 0 Å². The van der Waals surface area contributed by atoms with E-state index in [2.05, 4.69) is 0 Å². The summed E-state index contributed by atoms with van der Waals surface area (Å²) in [6.45, 7) is 2.80. The summed E-state index contributed by atoms with van der Waals surface area (Å²) >= 11 is 0. The van der Waals surface area contributed by atoms with Gasteiger partial charge in [-0.05, 0) is 18.6 Å². The maximum Gasteiger partial charge on any atom is 0.407 e. The van der Waals surface area contributed by atoms with Crippen LogP contribution in [0.2, 0.25) is 0 Å². The van der Waals surface area contributed by atoms with Crippen LogP contribution in [0.25, 0.3) is 0 Å². The number of likely N-dealkylation sites (tertiary alicyclic amines) is 1. The highest BCUT2D eigenvalue weighted by Crippen LogP contribution is 2.23. The number of nitrogens with zero attached hydrogens (tertiary/aromatic N) is 1. The second kappa shape index (κ2) is 5.25.